The molecule has 0 bridgehead atoms. The number of likely N-dealkylation sites (tertiary alicyclic amines) is 1. The van der Waals surface area contributed by atoms with Gasteiger partial charge in [-0.05, 0) is 37.1 Å². The van der Waals surface area contributed by atoms with Gasteiger partial charge in [-0.15, -0.1) is 0 Å². The number of fused-ring (bicyclic) bond motifs is 1. The van der Waals surface area contributed by atoms with Crippen molar-refractivity contribution in [3.8, 4) is 22.8 Å². The zero-order chi connectivity index (χ0) is 23.8. The van der Waals surface area contributed by atoms with Gasteiger partial charge in [0.05, 0.1) is 11.4 Å². The van der Waals surface area contributed by atoms with Gasteiger partial charge in [-0.2, -0.15) is 5.10 Å². The molecule has 1 fully saturated rings. The van der Waals surface area contributed by atoms with Crippen LogP contribution in [0.4, 0.5) is 19.4 Å². The predicted molar refractivity (Wildman–Crippen MR) is 119 cm³/mol. The minimum Gasteiger partial charge on any atom is -0.465 e. The number of nitrogen functional groups attached to an aromatic ring is 1. The first-order valence-electron chi connectivity index (χ1n) is 10.6. The third-order valence-corrected chi connectivity index (χ3v) is 5.73. The number of carboxylic acid groups (broad SMARTS) is 1. The quantitative estimate of drug-likeness (QED) is 0.456. The summed E-state index contributed by atoms with van der Waals surface area (Å²) in [5.74, 6) is -0.789. The fourth-order valence-electron chi connectivity index (χ4n) is 4.18. The smallest absolute Gasteiger partial charge is 0.407 e. The highest BCUT2D eigenvalue weighted by atomic mass is 19.1. The molecule has 9 nitrogen and oxygen atoms in total. The molecule has 2 aromatic carbocycles. The van der Waals surface area contributed by atoms with Gasteiger partial charge in [0.1, 0.15) is 41.0 Å². The summed E-state index contributed by atoms with van der Waals surface area (Å²) in [4.78, 5) is 21.3. The molecule has 34 heavy (non-hydrogen) atoms. The van der Waals surface area contributed by atoms with Crippen LogP contribution in [0.2, 0.25) is 0 Å². The number of ether oxygens (including phenoxy) is 1. The molecular weight excluding hydrogens is 446 g/mol. The Labute approximate surface area is 192 Å². The molecule has 2 aromatic heterocycles. The molecule has 3 heterocycles. The second-order valence-electron chi connectivity index (χ2n) is 8.01. The van der Waals surface area contributed by atoms with Crippen molar-refractivity contribution in [1.82, 2.24) is 24.6 Å². The molecule has 1 atom stereocenters. The first-order valence-corrected chi connectivity index (χ1v) is 10.6. The number of aromatic nitrogens is 4. The molecule has 3 N–H and O–H groups in total. The maximum atomic E-state index is 13.4. The van der Waals surface area contributed by atoms with E-state index in [0.29, 0.717) is 47.6 Å². The highest BCUT2D eigenvalue weighted by molar-refractivity contribution is 5.98. The monoisotopic (exact) mass is 466 g/mol. The first-order chi connectivity index (χ1) is 16.4. The zero-order valence-electron chi connectivity index (χ0n) is 17.9. The van der Waals surface area contributed by atoms with Crippen LogP contribution in [0.5, 0.6) is 11.5 Å². The van der Waals surface area contributed by atoms with Crippen molar-refractivity contribution in [3.05, 3.63) is 60.4 Å². The minimum atomic E-state index is -0.968. The van der Waals surface area contributed by atoms with E-state index in [0.717, 1.165) is 24.6 Å². The Hall–Kier alpha value is -4.28. The molecule has 0 aliphatic carbocycles. The van der Waals surface area contributed by atoms with Crippen molar-refractivity contribution in [2.24, 2.45) is 0 Å². The van der Waals surface area contributed by atoms with Crippen molar-refractivity contribution >= 4 is 22.9 Å². The van der Waals surface area contributed by atoms with E-state index in [1.54, 1.807) is 28.9 Å². The lowest BCUT2D eigenvalue weighted by atomic mass is 10.1. The molecule has 1 amide bonds. The molecule has 5 rings (SSSR count). The zero-order valence-corrected chi connectivity index (χ0v) is 17.9. The van der Waals surface area contributed by atoms with Gasteiger partial charge < -0.3 is 20.5 Å². The number of halogens is 2. The molecule has 174 valence electrons. The summed E-state index contributed by atoms with van der Waals surface area (Å²) in [6, 6.07) is 9.55. The summed E-state index contributed by atoms with van der Waals surface area (Å²) in [6.45, 7) is 0.776. The van der Waals surface area contributed by atoms with Crippen LogP contribution < -0.4 is 10.5 Å². The van der Waals surface area contributed by atoms with E-state index in [1.165, 1.54) is 11.2 Å². The first kappa shape index (κ1) is 21.6. The number of nitrogens with two attached hydrogens (primary N) is 1. The number of benzene rings is 2. The number of anilines is 1. The van der Waals surface area contributed by atoms with Crippen molar-refractivity contribution in [3.63, 3.8) is 0 Å². The van der Waals surface area contributed by atoms with Crippen LogP contribution in [0, 0.1) is 11.6 Å². The number of hydrogen-bond donors (Lipinski definition) is 2. The topological polar surface area (TPSA) is 119 Å². The van der Waals surface area contributed by atoms with E-state index in [4.69, 9.17) is 15.6 Å². The van der Waals surface area contributed by atoms with E-state index in [1.807, 2.05) is 0 Å². The fraction of sp³-hybridized carbons (Fsp3) is 0.217. The maximum Gasteiger partial charge on any atom is 0.407 e. The van der Waals surface area contributed by atoms with Crippen LogP contribution in [0.15, 0.2) is 48.8 Å². The molecule has 1 aliphatic heterocycles. The number of amides is 1. The molecule has 1 aliphatic rings. The Morgan fingerprint density at radius 2 is 1.82 bits per heavy atom. The minimum absolute atomic E-state index is 0.0397. The third-order valence-electron chi connectivity index (χ3n) is 5.73. The van der Waals surface area contributed by atoms with Crippen LogP contribution in [0.25, 0.3) is 22.3 Å². The molecule has 11 heteroatoms. The van der Waals surface area contributed by atoms with Crippen molar-refractivity contribution in [2.45, 2.75) is 18.9 Å². The van der Waals surface area contributed by atoms with Gasteiger partial charge in [0.15, 0.2) is 5.65 Å². The van der Waals surface area contributed by atoms with Crippen LogP contribution in [-0.2, 0) is 0 Å². The number of rotatable bonds is 4. The highest BCUT2D eigenvalue weighted by Gasteiger charge is 2.28. The summed E-state index contributed by atoms with van der Waals surface area (Å²) < 4.78 is 34.2. The van der Waals surface area contributed by atoms with Crippen LogP contribution in [0.1, 0.15) is 18.9 Å². The average Bonchev–Trinajstić information content (AvgIpc) is 3.20. The number of carbonyl (C=O) groups is 1. The highest BCUT2D eigenvalue weighted by Crippen LogP contribution is 2.35. The molecule has 0 saturated carbocycles. The molecule has 4 aromatic rings. The molecule has 1 saturated heterocycles. The summed E-state index contributed by atoms with van der Waals surface area (Å²) >= 11 is 0. The molecule has 0 spiro atoms. The summed E-state index contributed by atoms with van der Waals surface area (Å²) in [5.41, 5.74) is 7.94. The van der Waals surface area contributed by atoms with Gasteiger partial charge in [0.2, 0.25) is 0 Å². The normalized spacial score (nSPS) is 16.1. The number of hydrogen-bond acceptors (Lipinski definition) is 6. The maximum absolute atomic E-state index is 13.4. The lowest BCUT2D eigenvalue weighted by molar-refractivity contribution is 0.120. The fourth-order valence-corrected chi connectivity index (χ4v) is 4.18. The van der Waals surface area contributed by atoms with Gasteiger partial charge >= 0.3 is 6.09 Å². The lowest BCUT2D eigenvalue weighted by Crippen LogP contribution is -2.40. The second-order valence-corrected chi connectivity index (χ2v) is 8.01. The van der Waals surface area contributed by atoms with Crippen LogP contribution in [-0.4, -0.2) is 48.9 Å². The Bertz CT molecular complexity index is 1360. The van der Waals surface area contributed by atoms with Crippen LogP contribution >= 0.6 is 0 Å². The van der Waals surface area contributed by atoms with Gasteiger partial charge in [0, 0.05) is 36.9 Å². The Morgan fingerprint density at radius 1 is 1.09 bits per heavy atom. The predicted octanol–water partition coefficient (Wildman–Crippen LogP) is 4.46. The van der Waals surface area contributed by atoms with Gasteiger partial charge in [-0.25, -0.2) is 28.2 Å². The van der Waals surface area contributed by atoms with Gasteiger partial charge in [-0.3, -0.25) is 0 Å². The SMILES string of the molecule is Nc1ncnc2c1c(-c1ccc(Oc3cc(F)cc(F)c3)cc1)nn2[C@@H]1CCCN(C(=O)O)C1. The number of piperidine rings is 1. The third kappa shape index (κ3) is 4.07. The van der Waals surface area contributed by atoms with E-state index in [2.05, 4.69) is 9.97 Å². The van der Waals surface area contributed by atoms with Crippen molar-refractivity contribution in [1.29, 1.82) is 0 Å². The Balaban J connectivity index is 1.49. The molecule has 0 unspecified atom stereocenters. The van der Waals surface area contributed by atoms with E-state index in [-0.39, 0.29) is 17.6 Å². The van der Waals surface area contributed by atoms with Crippen molar-refractivity contribution < 1.29 is 23.4 Å². The standard InChI is InChI=1S/C23H20F2N6O3/c24-14-8-15(25)10-18(9-14)34-17-5-3-13(4-6-17)20-19-21(26)27-12-28-22(19)31(29-20)16-2-1-7-30(11-16)23(32)33/h3-6,8-10,12,16H,1-2,7,11H2,(H,32,33)(H2,26,27,28)/t16-/m1/s1. The summed E-state index contributed by atoms with van der Waals surface area (Å²) in [6.07, 6.45) is 1.85. The number of nitrogens with zero attached hydrogens (tertiary/aromatic N) is 5. The summed E-state index contributed by atoms with van der Waals surface area (Å²) in [5, 5.41) is 14.7. The second kappa shape index (κ2) is 8.58. The lowest BCUT2D eigenvalue weighted by Gasteiger charge is -2.30. The van der Waals surface area contributed by atoms with E-state index in [9.17, 15) is 18.7 Å². The molecular formula is C23H20F2N6O3. The Morgan fingerprint density at radius 3 is 2.53 bits per heavy atom. The largest absolute Gasteiger partial charge is 0.465 e. The molecule has 0 radical (unpaired) electrons. The Kier molecular flexibility index (Phi) is 5.44. The van der Waals surface area contributed by atoms with Crippen LogP contribution in [0.3, 0.4) is 0 Å². The van der Waals surface area contributed by atoms with Gasteiger partial charge in [-0.1, -0.05) is 0 Å². The van der Waals surface area contributed by atoms with E-state index >= 15 is 0 Å². The van der Waals surface area contributed by atoms with Gasteiger partial charge in [0.25, 0.3) is 0 Å². The van der Waals surface area contributed by atoms with Crippen molar-refractivity contribution in [2.75, 3.05) is 18.8 Å². The van der Waals surface area contributed by atoms with E-state index < -0.39 is 17.7 Å². The summed E-state index contributed by atoms with van der Waals surface area (Å²) in [7, 11) is 0. The average molecular weight is 466 g/mol.